The first-order valence-electron chi connectivity index (χ1n) is 3.11. The van der Waals surface area contributed by atoms with Crippen LogP contribution in [0.4, 0.5) is 0 Å². The highest BCUT2D eigenvalue weighted by atomic mass is 16.3. The maximum Gasteiger partial charge on any atom is 0.133 e. The third-order valence-corrected chi connectivity index (χ3v) is 1.12. The summed E-state index contributed by atoms with van der Waals surface area (Å²) >= 11 is 0. The lowest BCUT2D eigenvalue weighted by molar-refractivity contribution is -0.108. The van der Waals surface area contributed by atoms with Gasteiger partial charge in [-0.3, -0.25) is 4.90 Å². The van der Waals surface area contributed by atoms with Crippen molar-refractivity contribution in [3.05, 3.63) is 0 Å². The van der Waals surface area contributed by atoms with E-state index in [0.29, 0.717) is 6.54 Å². The zero-order chi connectivity index (χ0) is 7.98. The van der Waals surface area contributed by atoms with E-state index >= 15 is 0 Å². The van der Waals surface area contributed by atoms with Crippen LogP contribution < -0.4 is 0 Å². The van der Waals surface area contributed by atoms with Crippen molar-refractivity contribution in [2.24, 2.45) is 0 Å². The largest absolute Gasteiger partial charge is 0.394 e. The molecular formula is C6H13NO3. The number of carbonyl (C=O) groups excluding carboxylic acids is 1. The first-order chi connectivity index (χ1) is 4.70. The molecule has 1 atom stereocenters. The Morgan fingerprint density at radius 2 is 2.30 bits per heavy atom. The zero-order valence-electron chi connectivity index (χ0n) is 6.03. The molecule has 0 fully saturated rings. The molecule has 0 spiro atoms. The average molecular weight is 147 g/mol. The molecule has 0 saturated heterocycles. The molecule has 4 heteroatoms. The van der Waals surface area contributed by atoms with Gasteiger partial charge in [-0.25, -0.2) is 0 Å². The van der Waals surface area contributed by atoms with Crippen LogP contribution in [0.25, 0.3) is 0 Å². The van der Waals surface area contributed by atoms with Crippen LogP contribution in [0.2, 0.25) is 0 Å². The van der Waals surface area contributed by atoms with Crippen LogP contribution in [0, 0.1) is 0 Å². The van der Waals surface area contributed by atoms with Crippen molar-refractivity contribution in [1.29, 1.82) is 0 Å². The van der Waals surface area contributed by atoms with E-state index in [9.17, 15) is 4.79 Å². The molecule has 0 rings (SSSR count). The van der Waals surface area contributed by atoms with Gasteiger partial charge in [-0.15, -0.1) is 0 Å². The summed E-state index contributed by atoms with van der Waals surface area (Å²) in [6.45, 7) is 0.357. The van der Waals surface area contributed by atoms with Crippen LogP contribution in [0.15, 0.2) is 0 Å². The number of aldehydes is 1. The Bertz CT molecular complexity index is 97.0. The van der Waals surface area contributed by atoms with Crippen molar-refractivity contribution in [3.8, 4) is 0 Å². The van der Waals surface area contributed by atoms with Gasteiger partial charge in [0.2, 0.25) is 0 Å². The summed E-state index contributed by atoms with van der Waals surface area (Å²) in [7, 11) is 1.70. The Balaban J connectivity index is 3.35. The number of hydrogen-bond acceptors (Lipinski definition) is 4. The van der Waals surface area contributed by atoms with Crippen molar-refractivity contribution < 1.29 is 15.0 Å². The number of hydrogen-bond donors (Lipinski definition) is 2. The van der Waals surface area contributed by atoms with Gasteiger partial charge in [-0.05, 0) is 7.05 Å². The van der Waals surface area contributed by atoms with Gasteiger partial charge in [-0.1, -0.05) is 0 Å². The highest BCUT2D eigenvalue weighted by molar-refractivity contribution is 5.51. The summed E-state index contributed by atoms with van der Waals surface area (Å²) in [6, 6.07) is 0. The van der Waals surface area contributed by atoms with Gasteiger partial charge < -0.3 is 15.0 Å². The predicted molar refractivity (Wildman–Crippen MR) is 36.7 cm³/mol. The first kappa shape index (κ1) is 9.55. The van der Waals surface area contributed by atoms with E-state index in [1.807, 2.05) is 0 Å². The Labute approximate surface area is 60.1 Å². The topological polar surface area (TPSA) is 60.8 Å². The smallest absolute Gasteiger partial charge is 0.133 e. The van der Waals surface area contributed by atoms with E-state index in [-0.39, 0.29) is 13.2 Å². The SMILES string of the molecule is CN(CC=O)CC(O)CO. The summed E-state index contributed by atoms with van der Waals surface area (Å²) in [6.07, 6.45) is 0.00865. The lowest BCUT2D eigenvalue weighted by Gasteiger charge is -2.15. The van der Waals surface area contributed by atoms with Gasteiger partial charge in [0, 0.05) is 6.54 Å². The van der Waals surface area contributed by atoms with Crippen LogP contribution in [-0.4, -0.2) is 54.2 Å². The zero-order valence-corrected chi connectivity index (χ0v) is 6.03. The van der Waals surface area contributed by atoms with Gasteiger partial charge in [0.05, 0.1) is 19.3 Å². The third kappa shape index (κ3) is 4.43. The van der Waals surface area contributed by atoms with Crippen molar-refractivity contribution in [1.82, 2.24) is 4.90 Å². The van der Waals surface area contributed by atoms with Crippen molar-refractivity contribution in [2.75, 3.05) is 26.7 Å². The molecule has 4 nitrogen and oxygen atoms in total. The molecule has 10 heavy (non-hydrogen) atoms. The number of aliphatic hydroxyl groups excluding tert-OH is 2. The molecule has 0 saturated carbocycles. The summed E-state index contributed by atoms with van der Waals surface area (Å²) in [5.41, 5.74) is 0. The molecule has 0 radical (unpaired) electrons. The molecule has 0 aliphatic heterocycles. The normalized spacial score (nSPS) is 13.6. The number of rotatable bonds is 5. The van der Waals surface area contributed by atoms with Crippen molar-refractivity contribution in [3.63, 3.8) is 0 Å². The van der Waals surface area contributed by atoms with Crippen LogP contribution in [-0.2, 0) is 4.79 Å². The molecule has 0 aliphatic carbocycles. The second-order valence-electron chi connectivity index (χ2n) is 2.22. The first-order valence-corrected chi connectivity index (χ1v) is 3.11. The number of nitrogens with zero attached hydrogens (tertiary/aromatic N) is 1. The van der Waals surface area contributed by atoms with Crippen LogP contribution >= 0.6 is 0 Å². The summed E-state index contributed by atoms with van der Waals surface area (Å²) in [5.74, 6) is 0. The molecule has 2 N–H and O–H groups in total. The summed E-state index contributed by atoms with van der Waals surface area (Å²) in [5, 5.41) is 17.2. The Morgan fingerprint density at radius 1 is 1.70 bits per heavy atom. The maximum absolute atomic E-state index is 9.90. The number of aliphatic hydroxyl groups is 2. The van der Waals surface area contributed by atoms with Crippen molar-refractivity contribution in [2.45, 2.75) is 6.10 Å². The summed E-state index contributed by atoms with van der Waals surface area (Å²) < 4.78 is 0. The van der Waals surface area contributed by atoms with Crippen LogP contribution in [0.1, 0.15) is 0 Å². The fourth-order valence-corrected chi connectivity index (χ4v) is 0.619. The molecule has 0 bridgehead atoms. The van der Waals surface area contributed by atoms with Gasteiger partial charge in [-0.2, -0.15) is 0 Å². The highest BCUT2D eigenvalue weighted by Gasteiger charge is 2.04. The van der Waals surface area contributed by atoms with Crippen LogP contribution in [0.3, 0.4) is 0 Å². The third-order valence-electron chi connectivity index (χ3n) is 1.12. The second-order valence-corrected chi connectivity index (χ2v) is 2.22. The van der Waals surface area contributed by atoms with Gasteiger partial charge >= 0.3 is 0 Å². The quantitative estimate of drug-likeness (QED) is 0.463. The van der Waals surface area contributed by atoms with E-state index in [0.717, 1.165) is 6.29 Å². The molecule has 0 aromatic rings. The molecule has 1 unspecified atom stereocenters. The lowest BCUT2D eigenvalue weighted by atomic mass is 10.3. The highest BCUT2D eigenvalue weighted by Crippen LogP contribution is 1.85. The monoisotopic (exact) mass is 147 g/mol. The lowest BCUT2D eigenvalue weighted by Crippen LogP contribution is -2.32. The minimum Gasteiger partial charge on any atom is -0.394 e. The molecule has 0 aliphatic rings. The predicted octanol–water partition coefficient (Wildman–Crippen LogP) is -1.53. The fourth-order valence-electron chi connectivity index (χ4n) is 0.619. The molecular weight excluding hydrogens is 134 g/mol. The van der Waals surface area contributed by atoms with E-state index < -0.39 is 6.10 Å². The van der Waals surface area contributed by atoms with E-state index in [2.05, 4.69) is 0 Å². The van der Waals surface area contributed by atoms with E-state index in [1.54, 1.807) is 11.9 Å². The Morgan fingerprint density at radius 3 is 2.70 bits per heavy atom. The maximum atomic E-state index is 9.90. The van der Waals surface area contributed by atoms with Gasteiger partial charge in [0.1, 0.15) is 6.29 Å². The average Bonchev–Trinajstić information content (AvgIpc) is 1.88. The van der Waals surface area contributed by atoms with E-state index in [4.69, 9.17) is 10.2 Å². The Kier molecular flexibility index (Phi) is 5.10. The standard InChI is InChI=1S/C6H13NO3/c1-7(2-3-8)4-6(10)5-9/h3,6,9-10H,2,4-5H2,1H3. The second kappa shape index (κ2) is 5.34. The van der Waals surface area contributed by atoms with Crippen molar-refractivity contribution >= 4 is 6.29 Å². The Hall–Kier alpha value is -0.450. The molecule has 0 heterocycles. The van der Waals surface area contributed by atoms with E-state index in [1.165, 1.54) is 0 Å². The number of likely N-dealkylation sites (N-methyl/N-ethyl adjacent to an activating group) is 1. The number of carbonyl (C=O) groups is 1. The van der Waals surface area contributed by atoms with Gasteiger partial charge in [0.15, 0.2) is 0 Å². The summed E-state index contributed by atoms with van der Waals surface area (Å²) in [4.78, 5) is 11.5. The minimum absolute atomic E-state index is 0.261. The molecule has 0 aromatic carbocycles. The molecule has 0 aromatic heterocycles. The van der Waals surface area contributed by atoms with Crippen LogP contribution in [0.5, 0.6) is 0 Å². The minimum atomic E-state index is -0.745. The fraction of sp³-hybridized carbons (Fsp3) is 0.833. The molecule has 0 amide bonds. The molecule has 60 valence electrons. The van der Waals surface area contributed by atoms with Gasteiger partial charge in [0.25, 0.3) is 0 Å².